The molecule has 1 aromatic heterocycles. The summed E-state index contributed by atoms with van der Waals surface area (Å²) in [5, 5.41) is 0. The summed E-state index contributed by atoms with van der Waals surface area (Å²) in [5.74, 6) is 0.491. The first-order chi connectivity index (χ1) is 8.79. The van der Waals surface area contributed by atoms with Crippen molar-refractivity contribution in [3.8, 4) is 5.88 Å². The zero-order chi connectivity index (χ0) is 12.5. The molecule has 0 amide bonds. The van der Waals surface area contributed by atoms with Gasteiger partial charge in [0.15, 0.2) is 0 Å². The molecule has 0 radical (unpaired) electrons. The molecule has 3 heterocycles. The fourth-order valence-corrected chi connectivity index (χ4v) is 2.60. The first-order valence-corrected chi connectivity index (χ1v) is 6.07. The fourth-order valence-electron chi connectivity index (χ4n) is 2.60. The Morgan fingerprint density at radius 3 is 3.11 bits per heavy atom. The summed E-state index contributed by atoms with van der Waals surface area (Å²) in [6.45, 7) is 2.00. The number of hydrogen-bond donors (Lipinski definition) is 0. The van der Waals surface area contributed by atoms with E-state index in [-0.39, 0.29) is 12.0 Å². The largest absolute Gasteiger partial charge is 0.481 e. The molecule has 3 rings (SSSR count). The highest BCUT2D eigenvalue weighted by Gasteiger charge is 2.35. The molecule has 1 fully saturated rings. The van der Waals surface area contributed by atoms with Crippen LogP contribution in [-0.2, 0) is 22.5 Å². The number of methoxy groups -OCH3 is 1. The lowest BCUT2D eigenvalue weighted by molar-refractivity contribution is -0.142. The van der Waals surface area contributed by atoms with E-state index in [1.165, 1.54) is 6.33 Å². The molecule has 18 heavy (non-hydrogen) atoms. The SMILES string of the molecule is COc1ncnc2c1CN([C@H]1CCOC1=O)CC2. The molecule has 6 heteroatoms. The molecule has 2 aliphatic rings. The maximum absolute atomic E-state index is 11.6. The van der Waals surface area contributed by atoms with Crippen molar-refractivity contribution in [2.75, 3.05) is 20.3 Å². The van der Waals surface area contributed by atoms with Crippen LogP contribution in [0.5, 0.6) is 5.88 Å². The van der Waals surface area contributed by atoms with Gasteiger partial charge in [-0.1, -0.05) is 0 Å². The first-order valence-electron chi connectivity index (χ1n) is 6.07. The predicted octanol–water partition coefficient (Wildman–Crippen LogP) is 0.159. The van der Waals surface area contributed by atoms with Crippen LogP contribution in [-0.4, -0.2) is 47.1 Å². The van der Waals surface area contributed by atoms with Crippen molar-refractivity contribution < 1.29 is 14.3 Å². The molecule has 6 nitrogen and oxygen atoms in total. The van der Waals surface area contributed by atoms with E-state index in [9.17, 15) is 4.79 Å². The molecule has 0 bridgehead atoms. The fraction of sp³-hybridized carbons (Fsp3) is 0.583. The smallest absolute Gasteiger partial charge is 0.323 e. The maximum Gasteiger partial charge on any atom is 0.323 e. The lowest BCUT2D eigenvalue weighted by atomic mass is 10.0. The average molecular weight is 249 g/mol. The van der Waals surface area contributed by atoms with Crippen molar-refractivity contribution >= 4 is 5.97 Å². The zero-order valence-corrected chi connectivity index (χ0v) is 10.3. The topological polar surface area (TPSA) is 64.6 Å². The van der Waals surface area contributed by atoms with Crippen molar-refractivity contribution in [3.05, 3.63) is 17.6 Å². The van der Waals surface area contributed by atoms with Gasteiger partial charge in [-0.2, -0.15) is 0 Å². The number of cyclic esters (lactones) is 1. The second-order valence-electron chi connectivity index (χ2n) is 4.50. The van der Waals surface area contributed by atoms with Gasteiger partial charge in [0.05, 0.1) is 19.4 Å². The lowest BCUT2D eigenvalue weighted by Gasteiger charge is -2.31. The van der Waals surface area contributed by atoms with Gasteiger partial charge in [0, 0.05) is 31.5 Å². The van der Waals surface area contributed by atoms with Crippen LogP contribution < -0.4 is 4.74 Å². The van der Waals surface area contributed by atoms with E-state index in [1.807, 2.05) is 0 Å². The van der Waals surface area contributed by atoms with Gasteiger partial charge in [-0.3, -0.25) is 9.69 Å². The summed E-state index contributed by atoms with van der Waals surface area (Å²) in [4.78, 5) is 22.1. The van der Waals surface area contributed by atoms with Gasteiger partial charge in [0.1, 0.15) is 12.4 Å². The monoisotopic (exact) mass is 249 g/mol. The highest BCUT2D eigenvalue weighted by molar-refractivity contribution is 5.77. The summed E-state index contributed by atoms with van der Waals surface area (Å²) in [6, 6.07) is -0.122. The average Bonchev–Trinajstić information content (AvgIpc) is 2.83. The van der Waals surface area contributed by atoms with Crippen molar-refractivity contribution in [3.63, 3.8) is 0 Å². The number of aromatic nitrogens is 2. The highest BCUT2D eigenvalue weighted by Crippen LogP contribution is 2.27. The van der Waals surface area contributed by atoms with Crippen LogP contribution in [0.4, 0.5) is 0 Å². The Hall–Kier alpha value is -1.69. The molecule has 0 unspecified atom stereocenters. The standard InChI is InChI=1S/C12H15N3O3/c1-17-11-8-6-15(10-3-5-18-12(10)16)4-2-9(8)13-7-14-11/h7,10H,2-6H2,1H3/t10-/m0/s1. The Bertz CT molecular complexity index is 463. The predicted molar refractivity (Wildman–Crippen MR) is 62.1 cm³/mol. The van der Waals surface area contributed by atoms with Gasteiger partial charge < -0.3 is 9.47 Å². The van der Waals surface area contributed by atoms with Gasteiger partial charge in [0.2, 0.25) is 5.88 Å². The summed E-state index contributed by atoms with van der Waals surface area (Å²) in [6.07, 6.45) is 3.11. The third-order valence-electron chi connectivity index (χ3n) is 3.53. The van der Waals surface area contributed by atoms with E-state index in [0.717, 1.165) is 30.6 Å². The Kier molecular flexibility index (Phi) is 2.87. The van der Waals surface area contributed by atoms with Crippen LogP contribution in [0.15, 0.2) is 6.33 Å². The van der Waals surface area contributed by atoms with E-state index >= 15 is 0 Å². The number of hydrogen-bond acceptors (Lipinski definition) is 6. The van der Waals surface area contributed by atoms with Crippen LogP contribution in [0.25, 0.3) is 0 Å². The Labute approximate surface area is 105 Å². The van der Waals surface area contributed by atoms with Crippen LogP contribution in [0.2, 0.25) is 0 Å². The van der Waals surface area contributed by atoms with Gasteiger partial charge in [-0.05, 0) is 0 Å². The molecular formula is C12H15N3O3. The third-order valence-corrected chi connectivity index (χ3v) is 3.53. The van der Waals surface area contributed by atoms with E-state index < -0.39 is 0 Å². The van der Waals surface area contributed by atoms with Gasteiger partial charge in [0.25, 0.3) is 0 Å². The molecule has 2 aliphatic heterocycles. The van der Waals surface area contributed by atoms with Crippen LogP contribution in [0.1, 0.15) is 17.7 Å². The van der Waals surface area contributed by atoms with Gasteiger partial charge >= 0.3 is 5.97 Å². The summed E-state index contributed by atoms with van der Waals surface area (Å²) < 4.78 is 10.3. The normalized spacial score (nSPS) is 23.6. The number of carbonyl (C=O) groups is 1. The van der Waals surface area contributed by atoms with Crippen molar-refractivity contribution in [1.29, 1.82) is 0 Å². The number of nitrogens with zero attached hydrogens (tertiary/aromatic N) is 3. The minimum absolute atomic E-state index is 0.116. The summed E-state index contributed by atoms with van der Waals surface area (Å²) in [7, 11) is 1.60. The maximum atomic E-state index is 11.6. The number of rotatable bonds is 2. The van der Waals surface area contributed by atoms with Crippen LogP contribution in [0.3, 0.4) is 0 Å². The summed E-state index contributed by atoms with van der Waals surface area (Å²) in [5.41, 5.74) is 2.01. The molecule has 0 saturated carbocycles. The first kappa shape index (κ1) is 11.4. The van der Waals surface area contributed by atoms with Crippen molar-refractivity contribution in [2.45, 2.75) is 25.4 Å². The molecule has 0 spiro atoms. The second-order valence-corrected chi connectivity index (χ2v) is 4.50. The van der Waals surface area contributed by atoms with E-state index in [0.29, 0.717) is 19.0 Å². The van der Waals surface area contributed by atoms with E-state index in [2.05, 4.69) is 14.9 Å². The number of fused-ring (bicyclic) bond motifs is 1. The number of carbonyl (C=O) groups excluding carboxylic acids is 1. The second kappa shape index (κ2) is 4.53. The molecule has 1 atom stereocenters. The molecule has 96 valence electrons. The minimum atomic E-state index is -0.122. The van der Waals surface area contributed by atoms with Gasteiger partial charge in [-0.15, -0.1) is 0 Å². The van der Waals surface area contributed by atoms with Crippen molar-refractivity contribution in [2.24, 2.45) is 0 Å². The molecule has 1 saturated heterocycles. The van der Waals surface area contributed by atoms with E-state index in [4.69, 9.17) is 9.47 Å². The molecule has 0 N–H and O–H groups in total. The molecular weight excluding hydrogens is 234 g/mol. The number of esters is 1. The van der Waals surface area contributed by atoms with Crippen molar-refractivity contribution in [1.82, 2.24) is 14.9 Å². The van der Waals surface area contributed by atoms with Crippen LogP contribution >= 0.6 is 0 Å². The zero-order valence-electron chi connectivity index (χ0n) is 10.3. The molecule has 1 aromatic rings. The third kappa shape index (κ3) is 1.82. The quantitative estimate of drug-likeness (QED) is 0.696. The molecule has 0 aliphatic carbocycles. The lowest BCUT2D eigenvalue weighted by Crippen LogP contribution is -2.42. The minimum Gasteiger partial charge on any atom is -0.481 e. The van der Waals surface area contributed by atoms with E-state index in [1.54, 1.807) is 7.11 Å². The van der Waals surface area contributed by atoms with Crippen LogP contribution in [0, 0.1) is 0 Å². The molecule has 0 aromatic carbocycles. The highest BCUT2D eigenvalue weighted by atomic mass is 16.5. The number of ether oxygens (including phenoxy) is 2. The Morgan fingerprint density at radius 1 is 1.50 bits per heavy atom. The summed E-state index contributed by atoms with van der Waals surface area (Å²) >= 11 is 0. The Balaban J connectivity index is 1.85. The van der Waals surface area contributed by atoms with Gasteiger partial charge in [-0.25, -0.2) is 9.97 Å². The Morgan fingerprint density at radius 2 is 2.39 bits per heavy atom.